The van der Waals surface area contributed by atoms with Crippen molar-refractivity contribution in [1.29, 1.82) is 0 Å². The summed E-state index contributed by atoms with van der Waals surface area (Å²) >= 11 is 0. The highest BCUT2D eigenvalue weighted by Gasteiger charge is 2.62. The van der Waals surface area contributed by atoms with Crippen molar-refractivity contribution in [3.05, 3.63) is 0 Å². The van der Waals surface area contributed by atoms with Gasteiger partial charge in [-0.05, 0) is 104 Å². The maximum Gasteiger partial charge on any atom is 0.0577 e. The number of rotatable bonds is 5. The third-order valence-corrected chi connectivity index (χ3v) is 10.5. The minimum absolute atomic E-state index is 0.106. The van der Waals surface area contributed by atoms with Crippen molar-refractivity contribution in [3.8, 4) is 0 Å². The van der Waals surface area contributed by atoms with Gasteiger partial charge in [0.1, 0.15) is 0 Å². The third-order valence-electron chi connectivity index (χ3n) is 10.5. The molecule has 4 fully saturated rings. The molecule has 0 heterocycles. The minimum atomic E-state index is -2.84. The lowest BCUT2D eigenvalue weighted by atomic mass is 9.44. The van der Waals surface area contributed by atoms with Crippen molar-refractivity contribution in [3.63, 3.8) is 0 Å². The van der Waals surface area contributed by atoms with E-state index in [9.17, 15) is 10.2 Å². The van der Waals surface area contributed by atoms with Gasteiger partial charge in [0.25, 0.3) is 0 Å². The molecule has 0 aliphatic heterocycles. The molecular weight excluding hydrogens is 356 g/mol. The monoisotopic (exact) mass is 411 g/mol. The van der Waals surface area contributed by atoms with Crippen LogP contribution in [-0.2, 0) is 0 Å². The van der Waals surface area contributed by atoms with Crippen LogP contribution in [0.25, 0.3) is 0 Å². The van der Waals surface area contributed by atoms with E-state index >= 15 is 0 Å². The molecule has 0 bridgehead atoms. The van der Waals surface area contributed by atoms with E-state index in [0.29, 0.717) is 36.0 Å². The molecule has 2 heteroatoms. The summed E-state index contributed by atoms with van der Waals surface area (Å²) in [6.07, 6.45) is 8.47. The van der Waals surface area contributed by atoms with E-state index in [4.69, 9.17) is 9.60 Å². The lowest BCUT2D eigenvalue weighted by molar-refractivity contribution is -0.172. The molecule has 0 aromatic heterocycles. The second kappa shape index (κ2) is 8.12. The molecule has 0 aromatic rings. The summed E-state index contributed by atoms with van der Waals surface area (Å²) in [5, 5.41) is 21.5. The zero-order chi connectivity index (χ0) is 26.9. The molecule has 4 saturated carbocycles. The first-order valence-corrected chi connectivity index (χ1v) is 12.3. The first kappa shape index (κ1) is 14.9. The van der Waals surface area contributed by atoms with Crippen LogP contribution in [-0.4, -0.2) is 22.4 Å². The van der Waals surface area contributed by atoms with Crippen molar-refractivity contribution in [2.24, 2.45) is 52.2 Å². The van der Waals surface area contributed by atoms with Crippen LogP contribution in [0.4, 0.5) is 0 Å². The Morgan fingerprint density at radius 2 is 1.66 bits per heavy atom. The Morgan fingerprint density at radius 3 is 2.41 bits per heavy atom. The molecule has 2 nitrogen and oxygen atoms in total. The fourth-order valence-corrected chi connectivity index (χ4v) is 9.06. The summed E-state index contributed by atoms with van der Waals surface area (Å²) in [6.45, 7) is 1.37. The van der Waals surface area contributed by atoms with Crippen molar-refractivity contribution < 1.29 is 19.8 Å². The molecule has 0 saturated heterocycles. The topological polar surface area (TPSA) is 40.5 Å². The van der Waals surface area contributed by atoms with Crippen LogP contribution in [0.1, 0.15) is 115 Å². The smallest absolute Gasteiger partial charge is 0.0577 e. The fraction of sp³-hybridized carbons (Fsp3) is 1.00. The number of aliphatic hydroxyl groups excluding tert-OH is 2. The van der Waals surface area contributed by atoms with Gasteiger partial charge in [-0.2, -0.15) is 0 Å². The summed E-state index contributed by atoms with van der Waals surface area (Å²) in [4.78, 5) is 0. The fourth-order valence-electron chi connectivity index (χ4n) is 9.06. The maximum atomic E-state index is 11.2. The van der Waals surface area contributed by atoms with Gasteiger partial charge in [0, 0.05) is 9.60 Å². The zero-order valence-electron chi connectivity index (χ0n) is 25.8. The standard InChI is InChI=1S/C27H48O2/c1-17(2)7-6-8-18(3)21-9-10-22-20-16-25(29)24-15-19(28)11-13-27(24,5)23(20)12-14-26(21,22)4/h17-25,28-29H,6-16H2,1-5H3/t18-,19+,20+,21-,22+,23+,24-,25+,26-,27-/m1/s1/i1D3,2D3,17D. The normalized spacial score (nSPS) is 55.5. The SMILES string of the molecule is [2H]C([2H])([2H])C([2H])(CCC[C@@H](C)[C@H]1CC[C@H]2[C@@H]3C[C@H](O)[C@H]4C[C@@H](O)CC[C@]4(C)[C@H]3CC[C@]12C)C([2H])([2H])[2H]. The summed E-state index contributed by atoms with van der Waals surface area (Å²) in [5.74, 6) is 0.313. The molecule has 0 amide bonds. The van der Waals surface area contributed by atoms with Crippen LogP contribution in [0.15, 0.2) is 0 Å². The average Bonchev–Trinajstić information content (AvgIpc) is 3.11. The predicted molar refractivity (Wildman–Crippen MR) is 120 cm³/mol. The number of hydrogen-bond acceptors (Lipinski definition) is 2. The van der Waals surface area contributed by atoms with Gasteiger partial charge >= 0.3 is 0 Å². The van der Waals surface area contributed by atoms with Gasteiger partial charge in [0.15, 0.2) is 0 Å². The quantitative estimate of drug-likeness (QED) is 0.546. The van der Waals surface area contributed by atoms with Crippen molar-refractivity contribution in [2.75, 3.05) is 0 Å². The Labute approximate surface area is 190 Å². The molecule has 0 unspecified atom stereocenters. The highest BCUT2D eigenvalue weighted by molar-refractivity contribution is 5.11. The molecule has 0 spiro atoms. The molecule has 168 valence electrons. The van der Waals surface area contributed by atoms with E-state index in [1.54, 1.807) is 0 Å². The average molecular weight is 412 g/mol. The van der Waals surface area contributed by atoms with Gasteiger partial charge in [-0.3, -0.25) is 0 Å². The summed E-state index contributed by atoms with van der Waals surface area (Å²) in [6, 6.07) is 0. The molecule has 0 aromatic carbocycles. The van der Waals surface area contributed by atoms with E-state index in [-0.39, 0.29) is 35.4 Å². The summed E-state index contributed by atoms with van der Waals surface area (Å²) in [7, 11) is 0. The van der Waals surface area contributed by atoms with E-state index < -0.39 is 19.6 Å². The molecule has 2 N–H and O–H groups in total. The predicted octanol–water partition coefficient (Wildman–Crippen LogP) is 6.44. The number of aliphatic hydroxyl groups is 2. The Bertz CT molecular complexity index is 784. The van der Waals surface area contributed by atoms with Crippen LogP contribution in [0.2, 0.25) is 0 Å². The van der Waals surface area contributed by atoms with Crippen molar-refractivity contribution in [2.45, 2.75) is 117 Å². The Kier molecular flexibility index (Phi) is 4.17. The van der Waals surface area contributed by atoms with Gasteiger partial charge in [0.05, 0.1) is 12.2 Å². The molecule has 4 rings (SSSR count). The van der Waals surface area contributed by atoms with E-state index in [2.05, 4.69) is 20.8 Å². The Balaban J connectivity index is 1.44. The summed E-state index contributed by atoms with van der Waals surface area (Å²) in [5.41, 5.74) is 0.290. The highest BCUT2D eigenvalue weighted by atomic mass is 16.3. The van der Waals surface area contributed by atoms with Gasteiger partial charge in [-0.1, -0.05) is 53.7 Å². The second-order valence-electron chi connectivity index (χ2n) is 11.8. The largest absolute Gasteiger partial charge is 0.393 e. The molecule has 0 radical (unpaired) electrons. The van der Waals surface area contributed by atoms with Crippen LogP contribution >= 0.6 is 0 Å². The Morgan fingerprint density at radius 1 is 0.931 bits per heavy atom. The van der Waals surface area contributed by atoms with Crippen LogP contribution in [0.3, 0.4) is 0 Å². The maximum absolute atomic E-state index is 11.2. The van der Waals surface area contributed by atoms with Gasteiger partial charge in [-0.15, -0.1) is 0 Å². The van der Waals surface area contributed by atoms with Gasteiger partial charge < -0.3 is 10.2 Å². The van der Waals surface area contributed by atoms with Crippen molar-refractivity contribution in [1.82, 2.24) is 0 Å². The third kappa shape index (κ3) is 3.73. The minimum Gasteiger partial charge on any atom is -0.393 e. The van der Waals surface area contributed by atoms with Crippen LogP contribution in [0, 0.1) is 52.2 Å². The Hall–Kier alpha value is -0.0800. The highest BCUT2D eigenvalue weighted by Crippen LogP contribution is 2.68. The number of hydrogen-bond donors (Lipinski definition) is 2. The molecular formula is C27H48O2. The lowest BCUT2D eigenvalue weighted by Crippen LogP contribution is -2.58. The van der Waals surface area contributed by atoms with E-state index in [0.717, 1.165) is 44.9 Å². The summed E-state index contributed by atoms with van der Waals surface area (Å²) < 4.78 is 54.5. The van der Waals surface area contributed by atoms with Gasteiger partial charge in [0.2, 0.25) is 0 Å². The lowest BCUT2D eigenvalue weighted by Gasteiger charge is -2.62. The van der Waals surface area contributed by atoms with Crippen molar-refractivity contribution >= 4 is 0 Å². The zero-order valence-corrected chi connectivity index (χ0v) is 18.8. The number of fused-ring (bicyclic) bond motifs is 5. The second-order valence-corrected chi connectivity index (χ2v) is 11.8. The first-order chi connectivity index (χ1) is 16.5. The van der Waals surface area contributed by atoms with Crippen LogP contribution in [0.5, 0.6) is 0 Å². The molecule has 4 aliphatic carbocycles. The molecule has 29 heavy (non-hydrogen) atoms. The van der Waals surface area contributed by atoms with Gasteiger partial charge in [-0.25, -0.2) is 0 Å². The first-order valence-electron chi connectivity index (χ1n) is 15.8. The van der Waals surface area contributed by atoms with E-state index in [1.807, 2.05) is 0 Å². The molecule has 4 aliphatic rings. The van der Waals surface area contributed by atoms with E-state index in [1.165, 1.54) is 12.8 Å². The molecule has 10 atom stereocenters. The van der Waals surface area contributed by atoms with Crippen LogP contribution < -0.4 is 0 Å².